The van der Waals surface area contributed by atoms with Crippen molar-refractivity contribution in [3.63, 3.8) is 0 Å². The van der Waals surface area contributed by atoms with Gasteiger partial charge in [-0.15, -0.1) is 0 Å². The van der Waals surface area contributed by atoms with Gasteiger partial charge in [0.2, 0.25) is 0 Å². The van der Waals surface area contributed by atoms with Crippen molar-refractivity contribution in [2.75, 3.05) is 0 Å². The van der Waals surface area contributed by atoms with Crippen LogP contribution in [0.15, 0.2) is 218 Å². The summed E-state index contributed by atoms with van der Waals surface area (Å²) >= 11 is 0. The number of fused-ring (bicyclic) bond motifs is 6. The van der Waals surface area contributed by atoms with Crippen molar-refractivity contribution in [2.24, 2.45) is 0 Å². The highest BCUT2D eigenvalue weighted by Crippen LogP contribution is 2.44. The molecular formula is C56H36N6. The van der Waals surface area contributed by atoms with Crippen LogP contribution < -0.4 is 0 Å². The van der Waals surface area contributed by atoms with Crippen LogP contribution in [0.4, 0.5) is 0 Å². The summed E-state index contributed by atoms with van der Waals surface area (Å²) in [5.41, 5.74) is 12.3. The number of aromatic nitrogens is 6. The van der Waals surface area contributed by atoms with Gasteiger partial charge in [-0.1, -0.05) is 164 Å². The molecule has 0 saturated carbocycles. The topological polar surface area (TPSA) is 61.4 Å². The number of benzene rings is 9. The lowest BCUT2D eigenvalue weighted by atomic mass is 9.92. The Labute approximate surface area is 357 Å². The molecule has 3 heterocycles. The lowest BCUT2D eigenvalue weighted by molar-refractivity contribution is 0.918. The molecule has 290 valence electrons. The lowest BCUT2D eigenvalue weighted by Crippen LogP contribution is -2.01. The van der Waals surface area contributed by atoms with E-state index in [2.05, 4.69) is 197 Å². The van der Waals surface area contributed by atoms with E-state index in [0.717, 1.165) is 72.1 Å². The Balaban J connectivity index is 1.10. The van der Waals surface area contributed by atoms with E-state index in [1.807, 2.05) is 30.3 Å². The van der Waals surface area contributed by atoms with E-state index in [-0.39, 0.29) is 0 Å². The Morgan fingerprint density at radius 2 is 0.823 bits per heavy atom. The summed E-state index contributed by atoms with van der Waals surface area (Å²) < 4.78 is 4.43. The van der Waals surface area contributed by atoms with E-state index in [1.165, 1.54) is 21.8 Å². The van der Waals surface area contributed by atoms with Gasteiger partial charge in [-0.3, -0.25) is 0 Å². The maximum Gasteiger partial charge on any atom is 0.164 e. The third kappa shape index (κ3) is 5.88. The van der Waals surface area contributed by atoms with Crippen molar-refractivity contribution >= 4 is 43.5 Å². The predicted molar refractivity (Wildman–Crippen MR) is 253 cm³/mol. The summed E-state index contributed by atoms with van der Waals surface area (Å²) in [4.78, 5) is 15.7. The second kappa shape index (κ2) is 14.7. The smallest absolute Gasteiger partial charge is 0.164 e. The summed E-state index contributed by atoms with van der Waals surface area (Å²) in [6.45, 7) is 0. The van der Waals surface area contributed by atoms with Crippen LogP contribution in [0.2, 0.25) is 0 Å². The second-order valence-corrected chi connectivity index (χ2v) is 15.5. The van der Waals surface area contributed by atoms with Crippen molar-refractivity contribution in [1.82, 2.24) is 29.3 Å². The molecule has 0 radical (unpaired) electrons. The van der Waals surface area contributed by atoms with Gasteiger partial charge in [-0.25, -0.2) is 19.6 Å². The summed E-state index contributed by atoms with van der Waals surface area (Å²) in [5.74, 6) is 1.81. The molecule has 12 rings (SSSR count). The molecule has 3 aromatic heterocycles. The maximum atomic E-state index is 5.41. The number of nitrogens with zero attached hydrogens (tertiary/aromatic N) is 6. The van der Waals surface area contributed by atoms with Crippen LogP contribution in [0.5, 0.6) is 0 Å². The van der Waals surface area contributed by atoms with Gasteiger partial charge in [0.05, 0.1) is 22.2 Å². The van der Waals surface area contributed by atoms with E-state index in [0.29, 0.717) is 17.5 Å². The molecule has 6 nitrogen and oxygen atoms in total. The fourth-order valence-corrected chi connectivity index (χ4v) is 8.96. The van der Waals surface area contributed by atoms with Crippen molar-refractivity contribution in [3.8, 4) is 67.9 Å². The van der Waals surface area contributed by atoms with Gasteiger partial charge >= 0.3 is 0 Å². The van der Waals surface area contributed by atoms with Crippen molar-refractivity contribution < 1.29 is 0 Å². The monoisotopic (exact) mass is 792 g/mol. The van der Waals surface area contributed by atoms with Gasteiger partial charge in [0.25, 0.3) is 0 Å². The molecule has 12 aromatic rings. The Bertz CT molecular complexity index is 3540. The molecule has 0 atom stereocenters. The minimum Gasteiger partial charge on any atom is -0.309 e. The number of para-hydroxylation sites is 3. The number of hydrogen-bond donors (Lipinski definition) is 0. The van der Waals surface area contributed by atoms with Crippen molar-refractivity contribution in [2.45, 2.75) is 0 Å². The highest BCUT2D eigenvalue weighted by Gasteiger charge is 2.24. The average molecular weight is 793 g/mol. The first-order valence-corrected chi connectivity index (χ1v) is 20.8. The summed E-state index contributed by atoms with van der Waals surface area (Å²) in [6.07, 6.45) is 0. The zero-order chi connectivity index (χ0) is 41.0. The fourth-order valence-electron chi connectivity index (χ4n) is 8.96. The van der Waals surface area contributed by atoms with E-state index in [4.69, 9.17) is 20.1 Å². The lowest BCUT2D eigenvalue weighted by Gasteiger charge is -2.14. The van der Waals surface area contributed by atoms with Crippen LogP contribution in [0, 0.1) is 0 Å². The van der Waals surface area contributed by atoms with E-state index < -0.39 is 0 Å². The molecule has 0 N–H and O–H groups in total. The second-order valence-electron chi connectivity index (χ2n) is 15.5. The van der Waals surface area contributed by atoms with Crippen LogP contribution in [-0.2, 0) is 0 Å². The van der Waals surface area contributed by atoms with Crippen LogP contribution in [-0.4, -0.2) is 29.3 Å². The van der Waals surface area contributed by atoms with Gasteiger partial charge in [-0.05, 0) is 71.1 Å². The molecule has 0 aliphatic heterocycles. The van der Waals surface area contributed by atoms with Gasteiger partial charge in [0, 0.05) is 49.5 Å². The highest BCUT2D eigenvalue weighted by atomic mass is 15.3. The normalized spacial score (nSPS) is 11.5. The Morgan fingerprint density at radius 1 is 0.323 bits per heavy atom. The molecule has 0 bridgehead atoms. The standard InChI is InChI=1S/C56H36N6/c1-5-18-37(19-6-1)47-36-48-45(53-51(47)52(38-20-7-2-8-21-38)60-62(53)42-24-11-4-12-25-42)28-17-29-46(48)56-58-54(39-22-9-3-10-23-39)57-55(59-56)40-32-34-41(35-33-40)61-49-30-15-13-26-43(49)44-27-14-16-31-50(44)61/h1-36H. The first kappa shape index (κ1) is 35.5. The third-order valence-electron chi connectivity index (χ3n) is 11.8. The minimum absolute atomic E-state index is 0.596. The number of rotatable bonds is 7. The van der Waals surface area contributed by atoms with E-state index in [1.54, 1.807) is 0 Å². The van der Waals surface area contributed by atoms with Gasteiger partial charge < -0.3 is 4.57 Å². The van der Waals surface area contributed by atoms with E-state index in [9.17, 15) is 0 Å². The molecule has 0 unspecified atom stereocenters. The number of hydrogen-bond acceptors (Lipinski definition) is 4. The maximum absolute atomic E-state index is 5.41. The molecule has 9 aromatic carbocycles. The molecule has 0 amide bonds. The first-order chi connectivity index (χ1) is 30.8. The van der Waals surface area contributed by atoms with Crippen LogP contribution in [0.25, 0.3) is 111 Å². The Hall–Kier alpha value is -8.48. The predicted octanol–water partition coefficient (Wildman–Crippen LogP) is 13.8. The highest BCUT2D eigenvalue weighted by molar-refractivity contribution is 6.19. The Kier molecular flexibility index (Phi) is 8.38. The van der Waals surface area contributed by atoms with Gasteiger partial charge in [0.1, 0.15) is 5.69 Å². The molecule has 6 heteroatoms. The molecule has 0 spiro atoms. The SMILES string of the molecule is c1ccc(-c2nc(-c3ccc(-n4c5ccccc5c5ccccc54)cc3)nc(-c3cccc4c3cc(-c3ccccc3)c3c(-c5ccccc5)nn(-c5ccccc5)c34)n2)cc1. The molecule has 0 aliphatic rings. The molecular weight excluding hydrogens is 757 g/mol. The third-order valence-corrected chi connectivity index (χ3v) is 11.8. The molecule has 0 fully saturated rings. The zero-order valence-electron chi connectivity index (χ0n) is 33.5. The minimum atomic E-state index is 0.596. The average Bonchev–Trinajstić information content (AvgIpc) is 3.92. The van der Waals surface area contributed by atoms with Gasteiger partial charge in [0.15, 0.2) is 17.5 Å². The summed E-state index contributed by atoms with van der Waals surface area (Å²) in [6, 6.07) is 76.1. The van der Waals surface area contributed by atoms with Gasteiger partial charge in [-0.2, -0.15) is 5.10 Å². The largest absolute Gasteiger partial charge is 0.309 e. The van der Waals surface area contributed by atoms with Crippen molar-refractivity contribution in [1.29, 1.82) is 0 Å². The van der Waals surface area contributed by atoms with Crippen LogP contribution in [0.3, 0.4) is 0 Å². The van der Waals surface area contributed by atoms with E-state index >= 15 is 0 Å². The fraction of sp³-hybridized carbons (Fsp3) is 0. The zero-order valence-corrected chi connectivity index (χ0v) is 33.5. The Morgan fingerprint density at radius 3 is 1.45 bits per heavy atom. The van der Waals surface area contributed by atoms with Crippen LogP contribution >= 0.6 is 0 Å². The molecule has 0 aliphatic carbocycles. The quantitative estimate of drug-likeness (QED) is 0.161. The first-order valence-electron chi connectivity index (χ1n) is 20.8. The van der Waals surface area contributed by atoms with Crippen molar-refractivity contribution in [3.05, 3.63) is 218 Å². The molecule has 62 heavy (non-hydrogen) atoms. The summed E-state index contributed by atoms with van der Waals surface area (Å²) in [5, 5.41) is 11.0. The molecule has 0 saturated heterocycles. The summed E-state index contributed by atoms with van der Waals surface area (Å²) in [7, 11) is 0. The van der Waals surface area contributed by atoms with Crippen LogP contribution in [0.1, 0.15) is 0 Å².